The molecule has 0 aliphatic rings. The molecule has 0 spiro atoms. The van der Waals surface area contributed by atoms with Crippen LogP contribution in [0.5, 0.6) is 0 Å². The van der Waals surface area contributed by atoms with Crippen molar-refractivity contribution in [1.82, 2.24) is 9.62 Å². The summed E-state index contributed by atoms with van der Waals surface area (Å²) in [6.45, 7) is 6.38. The van der Waals surface area contributed by atoms with Gasteiger partial charge < -0.3 is 10.4 Å². The lowest BCUT2D eigenvalue weighted by Crippen LogP contribution is -2.31. The standard InChI is InChI=1S/C15H24N2O4S/c1-4-17(5-2)22(20,21)14-11-13(8-7-12(14)3)15(19)16-9-6-10-18/h7-8,11,18H,4-6,9-10H2,1-3H3,(H,16,19). The molecule has 0 unspecified atom stereocenters. The van der Waals surface area contributed by atoms with Gasteiger partial charge in [-0.15, -0.1) is 0 Å². The number of carbonyl (C=O) groups excluding carboxylic acids is 1. The number of nitrogens with zero attached hydrogens (tertiary/aromatic N) is 1. The van der Waals surface area contributed by atoms with Crippen LogP contribution in [-0.4, -0.2) is 50.0 Å². The Balaban J connectivity index is 3.12. The Kier molecular flexibility index (Phi) is 6.99. The zero-order valence-electron chi connectivity index (χ0n) is 13.3. The highest BCUT2D eigenvalue weighted by Crippen LogP contribution is 2.21. The molecular formula is C15H24N2O4S. The van der Waals surface area contributed by atoms with Crippen molar-refractivity contribution < 1.29 is 18.3 Å². The molecule has 1 amide bonds. The summed E-state index contributed by atoms with van der Waals surface area (Å²) in [5.41, 5.74) is 0.910. The molecule has 0 saturated carbocycles. The summed E-state index contributed by atoms with van der Waals surface area (Å²) in [6.07, 6.45) is 0.461. The summed E-state index contributed by atoms with van der Waals surface area (Å²) in [7, 11) is -3.60. The average Bonchev–Trinajstić information content (AvgIpc) is 2.48. The second-order valence-corrected chi connectivity index (χ2v) is 6.81. The lowest BCUT2D eigenvalue weighted by atomic mass is 10.1. The lowest BCUT2D eigenvalue weighted by Gasteiger charge is -2.20. The van der Waals surface area contributed by atoms with Gasteiger partial charge in [0.15, 0.2) is 0 Å². The Morgan fingerprint density at radius 3 is 2.45 bits per heavy atom. The number of rotatable bonds is 8. The second-order valence-electron chi connectivity index (χ2n) is 4.90. The van der Waals surface area contributed by atoms with E-state index < -0.39 is 10.0 Å². The third kappa shape index (κ3) is 4.28. The van der Waals surface area contributed by atoms with E-state index in [0.29, 0.717) is 37.2 Å². The average molecular weight is 328 g/mol. The van der Waals surface area contributed by atoms with Gasteiger partial charge in [-0.05, 0) is 31.0 Å². The summed E-state index contributed by atoms with van der Waals surface area (Å²) in [5, 5.41) is 11.4. The van der Waals surface area contributed by atoms with Crippen LogP contribution in [0.25, 0.3) is 0 Å². The van der Waals surface area contributed by atoms with E-state index in [0.717, 1.165) is 0 Å². The van der Waals surface area contributed by atoms with Gasteiger partial charge in [0.2, 0.25) is 10.0 Å². The van der Waals surface area contributed by atoms with Crippen LogP contribution < -0.4 is 5.32 Å². The van der Waals surface area contributed by atoms with Gasteiger partial charge in [0, 0.05) is 31.8 Å². The molecule has 0 atom stereocenters. The number of aliphatic hydroxyl groups excluding tert-OH is 1. The first-order chi connectivity index (χ1) is 10.4. The van der Waals surface area contributed by atoms with Crippen molar-refractivity contribution in [3.8, 4) is 0 Å². The van der Waals surface area contributed by atoms with Gasteiger partial charge in [-0.3, -0.25) is 4.79 Å². The maximum Gasteiger partial charge on any atom is 0.251 e. The van der Waals surface area contributed by atoms with Gasteiger partial charge in [0.05, 0.1) is 4.90 Å². The Bertz CT molecular complexity index is 610. The van der Waals surface area contributed by atoms with Crippen LogP contribution in [-0.2, 0) is 10.0 Å². The third-order valence-electron chi connectivity index (χ3n) is 3.39. The van der Waals surface area contributed by atoms with Gasteiger partial charge >= 0.3 is 0 Å². The van der Waals surface area contributed by atoms with Gasteiger partial charge in [0.25, 0.3) is 5.91 Å². The molecule has 7 heteroatoms. The van der Waals surface area contributed by atoms with Crippen LogP contribution in [0.3, 0.4) is 0 Å². The first kappa shape index (κ1) is 18.6. The minimum Gasteiger partial charge on any atom is -0.396 e. The fraction of sp³-hybridized carbons (Fsp3) is 0.533. The molecular weight excluding hydrogens is 304 g/mol. The molecule has 0 fully saturated rings. The van der Waals surface area contributed by atoms with Crippen LogP contribution in [0.15, 0.2) is 23.1 Å². The number of hydrogen-bond acceptors (Lipinski definition) is 4. The van der Waals surface area contributed by atoms with Gasteiger partial charge in [-0.25, -0.2) is 8.42 Å². The number of amides is 1. The molecule has 22 heavy (non-hydrogen) atoms. The van der Waals surface area contributed by atoms with Crippen LogP contribution in [0.2, 0.25) is 0 Å². The Morgan fingerprint density at radius 1 is 1.27 bits per heavy atom. The first-order valence-electron chi connectivity index (χ1n) is 7.38. The fourth-order valence-corrected chi connectivity index (χ4v) is 3.81. The monoisotopic (exact) mass is 328 g/mol. The van der Waals surface area contributed by atoms with Crippen LogP contribution in [0.1, 0.15) is 36.2 Å². The molecule has 0 radical (unpaired) electrons. The molecule has 0 aliphatic carbocycles. The molecule has 0 aliphatic heterocycles. The summed E-state index contributed by atoms with van der Waals surface area (Å²) >= 11 is 0. The summed E-state index contributed by atoms with van der Waals surface area (Å²) in [4.78, 5) is 12.2. The van der Waals surface area contributed by atoms with E-state index in [1.54, 1.807) is 32.9 Å². The molecule has 1 aromatic carbocycles. The third-order valence-corrected chi connectivity index (χ3v) is 5.59. The van der Waals surface area contributed by atoms with Crippen molar-refractivity contribution in [3.05, 3.63) is 29.3 Å². The van der Waals surface area contributed by atoms with Crippen molar-refractivity contribution in [2.45, 2.75) is 32.1 Å². The maximum atomic E-state index is 12.6. The highest BCUT2D eigenvalue weighted by atomic mass is 32.2. The normalized spacial score (nSPS) is 11.7. The molecule has 0 bridgehead atoms. The van der Waals surface area contributed by atoms with E-state index in [4.69, 9.17) is 5.11 Å². The molecule has 0 saturated heterocycles. The number of benzene rings is 1. The van der Waals surface area contributed by atoms with Crippen LogP contribution in [0, 0.1) is 6.92 Å². The molecule has 1 aromatic rings. The summed E-state index contributed by atoms with van der Waals surface area (Å²) in [6, 6.07) is 4.65. The largest absolute Gasteiger partial charge is 0.396 e. The Hall–Kier alpha value is -1.44. The summed E-state index contributed by atoms with van der Waals surface area (Å²) < 4.78 is 26.6. The molecule has 0 aromatic heterocycles. The number of aryl methyl sites for hydroxylation is 1. The maximum absolute atomic E-state index is 12.6. The smallest absolute Gasteiger partial charge is 0.251 e. The number of nitrogens with one attached hydrogen (secondary N) is 1. The molecule has 124 valence electrons. The molecule has 2 N–H and O–H groups in total. The second kappa shape index (κ2) is 8.26. The van der Waals surface area contributed by atoms with Crippen molar-refractivity contribution in [3.63, 3.8) is 0 Å². The number of aliphatic hydroxyl groups is 1. The van der Waals surface area contributed by atoms with E-state index >= 15 is 0 Å². The highest BCUT2D eigenvalue weighted by Gasteiger charge is 2.24. The van der Waals surface area contributed by atoms with E-state index in [1.807, 2.05) is 0 Å². The van der Waals surface area contributed by atoms with Crippen molar-refractivity contribution >= 4 is 15.9 Å². The van der Waals surface area contributed by atoms with E-state index in [2.05, 4.69) is 5.32 Å². The molecule has 0 heterocycles. The summed E-state index contributed by atoms with van der Waals surface area (Å²) in [5.74, 6) is -0.343. The van der Waals surface area contributed by atoms with Crippen molar-refractivity contribution in [1.29, 1.82) is 0 Å². The van der Waals surface area contributed by atoms with Gasteiger partial charge in [-0.1, -0.05) is 19.9 Å². The van der Waals surface area contributed by atoms with E-state index in [-0.39, 0.29) is 17.4 Å². The zero-order chi connectivity index (χ0) is 16.8. The number of hydrogen-bond donors (Lipinski definition) is 2. The minimum atomic E-state index is -3.60. The Labute approximate surface area is 132 Å². The SMILES string of the molecule is CCN(CC)S(=O)(=O)c1cc(C(=O)NCCCO)ccc1C. The van der Waals surface area contributed by atoms with E-state index in [9.17, 15) is 13.2 Å². The van der Waals surface area contributed by atoms with Crippen LogP contribution in [0.4, 0.5) is 0 Å². The first-order valence-corrected chi connectivity index (χ1v) is 8.82. The van der Waals surface area contributed by atoms with Crippen molar-refractivity contribution in [2.75, 3.05) is 26.2 Å². The lowest BCUT2D eigenvalue weighted by molar-refractivity contribution is 0.0951. The number of carbonyl (C=O) groups is 1. The quantitative estimate of drug-likeness (QED) is 0.701. The van der Waals surface area contributed by atoms with Gasteiger partial charge in [0.1, 0.15) is 0 Å². The predicted molar refractivity (Wildman–Crippen MR) is 85.3 cm³/mol. The number of sulfonamides is 1. The fourth-order valence-electron chi connectivity index (χ4n) is 2.10. The zero-order valence-corrected chi connectivity index (χ0v) is 14.1. The topological polar surface area (TPSA) is 86.7 Å². The minimum absolute atomic E-state index is 0.00420. The Morgan fingerprint density at radius 2 is 1.91 bits per heavy atom. The highest BCUT2D eigenvalue weighted by molar-refractivity contribution is 7.89. The van der Waals surface area contributed by atoms with Crippen molar-refractivity contribution in [2.24, 2.45) is 0 Å². The van der Waals surface area contributed by atoms with E-state index in [1.165, 1.54) is 10.4 Å². The van der Waals surface area contributed by atoms with Gasteiger partial charge in [-0.2, -0.15) is 4.31 Å². The predicted octanol–water partition coefficient (Wildman–Crippen LogP) is 1.14. The molecule has 1 rings (SSSR count). The molecule has 6 nitrogen and oxygen atoms in total. The van der Waals surface area contributed by atoms with Crippen LogP contribution >= 0.6 is 0 Å².